The number of hydrogen-bond donors (Lipinski definition) is 1. The van der Waals surface area contributed by atoms with Gasteiger partial charge in [-0.2, -0.15) is 5.10 Å². The average molecular weight is 345 g/mol. The molecule has 1 aromatic carbocycles. The molecule has 136 valence electrons. The summed E-state index contributed by atoms with van der Waals surface area (Å²) >= 11 is 0. The Morgan fingerprint density at radius 1 is 1.28 bits per heavy atom. The lowest BCUT2D eigenvalue weighted by atomic mass is 10.0. The monoisotopic (exact) mass is 345 g/mol. The fourth-order valence-electron chi connectivity index (χ4n) is 3.49. The van der Waals surface area contributed by atoms with E-state index in [4.69, 9.17) is 0 Å². The molecule has 1 aliphatic heterocycles. The molecule has 25 heavy (non-hydrogen) atoms. The van der Waals surface area contributed by atoms with Gasteiger partial charge in [0, 0.05) is 24.3 Å². The fourth-order valence-corrected chi connectivity index (χ4v) is 3.49. The van der Waals surface area contributed by atoms with E-state index in [0.717, 1.165) is 31.5 Å². The number of rotatable bonds is 5. The Kier molecular flexibility index (Phi) is 5.25. The van der Waals surface area contributed by atoms with Gasteiger partial charge < -0.3 is 5.11 Å². The maximum Gasteiger partial charge on any atom is 0.123 e. The van der Waals surface area contributed by atoms with Crippen LogP contribution < -0.4 is 0 Å². The predicted octanol–water partition coefficient (Wildman–Crippen LogP) is 3.87. The van der Waals surface area contributed by atoms with Crippen LogP contribution in [-0.2, 0) is 12.1 Å². The average Bonchev–Trinajstić information content (AvgIpc) is 3.18. The molecule has 1 aromatic heterocycles. The third kappa shape index (κ3) is 4.47. The van der Waals surface area contributed by atoms with E-state index in [9.17, 15) is 9.50 Å². The van der Waals surface area contributed by atoms with Gasteiger partial charge in [-0.3, -0.25) is 9.58 Å². The first-order chi connectivity index (χ1) is 11.8. The molecule has 1 saturated heterocycles. The van der Waals surface area contributed by atoms with E-state index < -0.39 is 6.10 Å². The van der Waals surface area contributed by atoms with Crippen molar-refractivity contribution in [3.05, 3.63) is 53.6 Å². The molecule has 1 fully saturated rings. The van der Waals surface area contributed by atoms with Crippen LogP contribution in [0.4, 0.5) is 4.39 Å². The van der Waals surface area contributed by atoms with E-state index in [2.05, 4.69) is 37.0 Å². The molecule has 3 rings (SSSR count). The van der Waals surface area contributed by atoms with Crippen molar-refractivity contribution in [2.45, 2.75) is 64.3 Å². The molecular weight excluding hydrogens is 317 g/mol. The molecule has 4 nitrogen and oxygen atoms in total. The molecule has 0 aliphatic carbocycles. The molecular formula is C20H28FN3O. The molecule has 2 heterocycles. The minimum Gasteiger partial charge on any atom is -0.388 e. The first-order valence-corrected chi connectivity index (χ1v) is 9.04. The lowest BCUT2D eigenvalue weighted by molar-refractivity contribution is 0.118. The van der Waals surface area contributed by atoms with Crippen LogP contribution in [0.15, 0.2) is 36.7 Å². The minimum absolute atomic E-state index is 0.0125. The van der Waals surface area contributed by atoms with Crippen LogP contribution in [0.3, 0.4) is 0 Å². The van der Waals surface area contributed by atoms with Crippen molar-refractivity contribution >= 4 is 0 Å². The van der Waals surface area contributed by atoms with E-state index in [1.54, 1.807) is 12.1 Å². The molecule has 0 radical (unpaired) electrons. The fraction of sp³-hybridized carbons (Fsp3) is 0.550. The Hall–Kier alpha value is -1.72. The van der Waals surface area contributed by atoms with Gasteiger partial charge in [0.25, 0.3) is 0 Å². The van der Waals surface area contributed by atoms with E-state index in [1.165, 1.54) is 17.7 Å². The van der Waals surface area contributed by atoms with Gasteiger partial charge in [0.1, 0.15) is 5.82 Å². The zero-order chi connectivity index (χ0) is 18.0. The molecule has 0 spiro atoms. The molecule has 0 saturated carbocycles. The minimum atomic E-state index is -0.552. The number of benzene rings is 1. The lowest BCUT2D eigenvalue weighted by Crippen LogP contribution is -2.30. The third-order valence-corrected chi connectivity index (χ3v) is 4.96. The van der Waals surface area contributed by atoms with Crippen molar-refractivity contribution in [3.63, 3.8) is 0 Å². The number of aliphatic hydroxyl groups is 1. The van der Waals surface area contributed by atoms with Crippen molar-refractivity contribution in [2.24, 2.45) is 0 Å². The van der Waals surface area contributed by atoms with Gasteiger partial charge in [0.2, 0.25) is 0 Å². The van der Waals surface area contributed by atoms with Gasteiger partial charge in [0.05, 0.1) is 17.8 Å². The van der Waals surface area contributed by atoms with E-state index >= 15 is 0 Å². The lowest BCUT2D eigenvalue weighted by Gasteiger charge is -2.26. The summed E-state index contributed by atoms with van der Waals surface area (Å²) in [5, 5.41) is 15.0. The van der Waals surface area contributed by atoms with Crippen LogP contribution in [0.5, 0.6) is 0 Å². The summed E-state index contributed by atoms with van der Waals surface area (Å²) in [4.78, 5) is 2.43. The van der Waals surface area contributed by atoms with Gasteiger partial charge in [-0.05, 0) is 64.3 Å². The summed E-state index contributed by atoms with van der Waals surface area (Å²) in [6.07, 6.45) is 6.42. The smallest absolute Gasteiger partial charge is 0.123 e. The number of aliphatic hydroxyl groups excluding tert-OH is 1. The third-order valence-electron chi connectivity index (χ3n) is 4.96. The largest absolute Gasteiger partial charge is 0.388 e. The molecule has 2 unspecified atom stereocenters. The van der Waals surface area contributed by atoms with Gasteiger partial charge in [-0.25, -0.2) is 4.39 Å². The van der Waals surface area contributed by atoms with Crippen molar-refractivity contribution in [1.82, 2.24) is 14.7 Å². The second-order valence-electron chi connectivity index (χ2n) is 8.03. The number of aromatic nitrogens is 2. The number of likely N-dealkylation sites (tertiary alicyclic amines) is 1. The van der Waals surface area contributed by atoms with Crippen LogP contribution in [0.1, 0.15) is 57.3 Å². The standard InChI is InChI=1S/C20H28FN3O/c1-20(2,3)24-14-15(12-22-24)13-23-10-4-5-18(23)11-19(25)16-6-8-17(21)9-7-16/h6-9,12,14,18-19,25H,4-5,10-11,13H2,1-3H3. The number of halogens is 1. The Morgan fingerprint density at radius 2 is 2.00 bits per heavy atom. The molecule has 5 heteroatoms. The van der Waals surface area contributed by atoms with E-state index in [0.29, 0.717) is 12.5 Å². The van der Waals surface area contributed by atoms with Crippen LogP contribution in [0.2, 0.25) is 0 Å². The zero-order valence-corrected chi connectivity index (χ0v) is 15.3. The molecule has 2 aromatic rings. The van der Waals surface area contributed by atoms with Gasteiger partial charge in [-0.15, -0.1) is 0 Å². The molecule has 0 bridgehead atoms. The maximum atomic E-state index is 13.0. The predicted molar refractivity (Wildman–Crippen MR) is 96.6 cm³/mol. The van der Waals surface area contributed by atoms with Crippen molar-refractivity contribution < 1.29 is 9.50 Å². The number of nitrogens with zero attached hydrogens (tertiary/aromatic N) is 3. The summed E-state index contributed by atoms with van der Waals surface area (Å²) in [6.45, 7) is 8.32. The maximum absolute atomic E-state index is 13.0. The van der Waals surface area contributed by atoms with Crippen LogP contribution >= 0.6 is 0 Å². The van der Waals surface area contributed by atoms with Crippen LogP contribution in [0.25, 0.3) is 0 Å². The van der Waals surface area contributed by atoms with Crippen molar-refractivity contribution in [3.8, 4) is 0 Å². The molecule has 2 atom stereocenters. The SMILES string of the molecule is CC(C)(C)n1cc(CN2CCCC2CC(O)c2ccc(F)cc2)cn1. The normalized spacial score (nSPS) is 20.1. The zero-order valence-electron chi connectivity index (χ0n) is 15.3. The van der Waals surface area contributed by atoms with Crippen LogP contribution in [-0.4, -0.2) is 32.4 Å². The Balaban J connectivity index is 1.62. The molecule has 1 N–H and O–H groups in total. The molecule has 0 amide bonds. The summed E-state index contributed by atoms with van der Waals surface area (Å²) < 4.78 is 15.0. The highest BCUT2D eigenvalue weighted by Crippen LogP contribution is 2.29. The first-order valence-electron chi connectivity index (χ1n) is 9.04. The number of hydrogen-bond acceptors (Lipinski definition) is 3. The summed E-state index contributed by atoms with van der Waals surface area (Å²) in [7, 11) is 0. The highest BCUT2D eigenvalue weighted by Gasteiger charge is 2.27. The van der Waals surface area contributed by atoms with Crippen molar-refractivity contribution in [1.29, 1.82) is 0 Å². The van der Waals surface area contributed by atoms with Crippen molar-refractivity contribution in [2.75, 3.05) is 6.54 Å². The quantitative estimate of drug-likeness (QED) is 0.894. The highest BCUT2D eigenvalue weighted by molar-refractivity contribution is 5.18. The summed E-state index contributed by atoms with van der Waals surface area (Å²) in [5.41, 5.74) is 1.98. The van der Waals surface area contributed by atoms with Gasteiger partial charge in [0.15, 0.2) is 0 Å². The van der Waals surface area contributed by atoms with Gasteiger partial charge >= 0.3 is 0 Å². The topological polar surface area (TPSA) is 41.3 Å². The first kappa shape index (κ1) is 18.1. The Morgan fingerprint density at radius 3 is 2.64 bits per heavy atom. The van der Waals surface area contributed by atoms with E-state index in [-0.39, 0.29) is 11.4 Å². The summed E-state index contributed by atoms with van der Waals surface area (Å²) in [6, 6.07) is 6.51. The summed E-state index contributed by atoms with van der Waals surface area (Å²) in [5.74, 6) is -0.269. The molecule has 1 aliphatic rings. The second kappa shape index (κ2) is 7.26. The Labute approximate surface area is 149 Å². The highest BCUT2D eigenvalue weighted by atomic mass is 19.1. The van der Waals surface area contributed by atoms with Crippen LogP contribution in [0, 0.1) is 5.82 Å². The van der Waals surface area contributed by atoms with Gasteiger partial charge in [-0.1, -0.05) is 12.1 Å². The van der Waals surface area contributed by atoms with E-state index in [1.807, 2.05) is 10.9 Å². The Bertz CT molecular complexity index is 690. The second-order valence-corrected chi connectivity index (χ2v) is 8.03.